The number of hydrogen-bond acceptors (Lipinski definition) is 2. The van der Waals surface area contributed by atoms with Crippen molar-refractivity contribution in [2.45, 2.75) is 64.5 Å². The standard InChI is InChI=1S/C20H29FN2O3/c1-2-3-4-13-23(14-15-5-9-17(21)10-6-15)20(26)22-18-11-7-16(8-12-18)19(24)25/h5-6,9-10,16,18H,2-4,7-8,11-14H2,1H3,(H,22,26)(H,24,25). The molecule has 144 valence electrons. The van der Waals surface area contributed by atoms with E-state index >= 15 is 0 Å². The molecule has 1 fully saturated rings. The molecule has 0 aliphatic heterocycles. The predicted octanol–water partition coefficient (Wildman–Crippen LogP) is 4.17. The van der Waals surface area contributed by atoms with E-state index in [0.717, 1.165) is 24.8 Å². The van der Waals surface area contributed by atoms with Gasteiger partial charge < -0.3 is 15.3 Å². The van der Waals surface area contributed by atoms with Crippen molar-refractivity contribution >= 4 is 12.0 Å². The van der Waals surface area contributed by atoms with Gasteiger partial charge in [-0.3, -0.25) is 4.79 Å². The maximum absolute atomic E-state index is 13.1. The number of urea groups is 1. The Kier molecular flexibility index (Phi) is 7.88. The number of carbonyl (C=O) groups excluding carboxylic acids is 1. The number of hydrogen-bond donors (Lipinski definition) is 2. The quantitative estimate of drug-likeness (QED) is 0.680. The number of halogens is 1. The number of carboxylic acid groups (broad SMARTS) is 1. The second kappa shape index (κ2) is 10.1. The van der Waals surface area contributed by atoms with E-state index in [4.69, 9.17) is 5.11 Å². The zero-order chi connectivity index (χ0) is 18.9. The summed E-state index contributed by atoms with van der Waals surface area (Å²) in [4.78, 5) is 25.5. The summed E-state index contributed by atoms with van der Waals surface area (Å²) < 4.78 is 13.1. The van der Waals surface area contributed by atoms with E-state index in [1.807, 2.05) is 0 Å². The van der Waals surface area contributed by atoms with Crippen LogP contribution in [0.3, 0.4) is 0 Å². The first-order chi connectivity index (χ1) is 12.5. The number of carboxylic acids is 1. The van der Waals surface area contributed by atoms with E-state index in [9.17, 15) is 14.0 Å². The third-order valence-electron chi connectivity index (χ3n) is 5.01. The molecule has 0 radical (unpaired) electrons. The lowest BCUT2D eigenvalue weighted by molar-refractivity contribution is -0.142. The molecule has 2 amide bonds. The number of aliphatic carboxylic acids is 1. The fourth-order valence-electron chi connectivity index (χ4n) is 3.37. The molecular weight excluding hydrogens is 335 g/mol. The van der Waals surface area contributed by atoms with Crippen molar-refractivity contribution in [3.8, 4) is 0 Å². The lowest BCUT2D eigenvalue weighted by Crippen LogP contribution is -2.46. The van der Waals surface area contributed by atoms with E-state index in [2.05, 4.69) is 12.2 Å². The van der Waals surface area contributed by atoms with Crippen molar-refractivity contribution in [1.29, 1.82) is 0 Å². The van der Waals surface area contributed by atoms with Crippen molar-refractivity contribution < 1.29 is 19.1 Å². The largest absolute Gasteiger partial charge is 0.481 e. The molecular formula is C20H29FN2O3. The lowest BCUT2D eigenvalue weighted by Gasteiger charge is -2.30. The Morgan fingerprint density at radius 1 is 1.15 bits per heavy atom. The molecule has 2 rings (SSSR count). The minimum atomic E-state index is -0.743. The average Bonchev–Trinajstić information content (AvgIpc) is 2.63. The molecule has 0 unspecified atom stereocenters. The van der Waals surface area contributed by atoms with E-state index in [1.54, 1.807) is 17.0 Å². The maximum atomic E-state index is 13.1. The molecule has 0 atom stereocenters. The van der Waals surface area contributed by atoms with Crippen LogP contribution in [0.4, 0.5) is 9.18 Å². The normalized spacial score (nSPS) is 19.8. The molecule has 2 N–H and O–H groups in total. The molecule has 0 spiro atoms. The summed E-state index contributed by atoms with van der Waals surface area (Å²) in [6.45, 7) is 3.22. The van der Waals surface area contributed by atoms with Gasteiger partial charge in [0.15, 0.2) is 0 Å². The summed E-state index contributed by atoms with van der Waals surface area (Å²) in [5.74, 6) is -1.32. The number of rotatable bonds is 8. The summed E-state index contributed by atoms with van der Waals surface area (Å²) >= 11 is 0. The number of carbonyl (C=O) groups is 2. The van der Waals surface area contributed by atoms with Crippen LogP contribution in [0.2, 0.25) is 0 Å². The molecule has 0 bridgehead atoms. The summed E-state index contributed by atoms with van der Waals surface area (Å²) in [7, 11) is 0. The summed E-state index contributed by atoms with van der Waals surface area (Å²) in [6.07, 6.45) is 5.66. The minimum absolute atomic E-state index is 0.0278. The minimum Gasteiger partial charge on any atom is -0.481 e. The lowest BCUT2D eigenvalue weighted by atomic mass is 9.86. The zero-order valence-electron chi connectivity index (χ0n) is 15.4. The SMILES string of the molecule is CCCCCN(Cc1ccc(F)cc1)C(=O)NC1CCC(C(=O)O)CC1. The first kappa shape index (κ1) is 20.2. The fraction of sp³-hybridized carbons (Fsp3) is 0.600. The zero-order valence-corrected chi connectivity index (χ0v) is 15.4. The molecule has 0 heterocycles. The average molecular weight is 364 g/mol. The molecule has 1 aromatic carbocycles. The third-order valence-corrected chi connectivity index (χ3v) is 5.01. The summed E-state index contributed by atoms with van der Waals surface area (Å²) in [5, 5.41) is 12.1. The van der Waals surface area contributed by atoms with Crippen molar-refractivity contribution in [1.82, 2.24) is 10.2 Å². The van der Waals surface area contributed by atoms with Crippen LogP contribution in [0.15, 0.2) is 24.3 Å². The molecule has 1 aliphatic rings. The molecule has 0 aromatic heterocycles. The van der Waals surface area contributed by atoms with Crippen LogP contribution in [0.25, 0.3) is 0 Å². The molecule has 6 heteroatoms. The van der Waals surface area contributed by atoms with Gasteiger partial charge in [-0.25, -0.2) is 9.18 Å². The number of nitrogens with one attached hydrogen (secondary N) is 1. The molecule has 1 saturated carbocycles. The molecule has 26 heavy (non-hydrogen) atoms. The van der Waals surface area contributed by atoms with Gasteiger partial charge in [0.05, 0.1) is 5.92 Å². The van der Waals surface area contributed by atoms with Crippen molar-refractivity contribution in [2.24, 2.45) is 5.92 Å². The van der Waals surface area contributed by atoms with Crippen LogP contribution in [-0.4, -0.2) is 34.6 Å². The predicted molar refractivity (Wildman–Crippen MR) is 98.2 cm³/mol. The highest BCUT2D eigenvalue weighted by molar-refractivity contribution is 5.74. The first-order valence-corrected chi connectivity index (χ1v) is 9.52. The Bertz CT molecular complexity index is 583. The Hall–Kier alpha value is -2.11. The Morgan fingerprint density at radius 2 is 1.81 bits per heavy atom. The van der Waals surface area contributed by atoms with Gasteiger partial charge in [0.25, 0.3) is 0 Å². The van der Waals surface area contributed by atoms with E-state index in [0.29, 0.717) is 38.8 Å². The van der Waals surface area contributed by atoms with E-state index in [1.165, 1.54) is 12.1 Å². The monoisotopic (exact) mass is 364 g/mol. The maximum Gasteiger partial charge on any atom is 0.317 e. The van der Waals surface area contributed by atoms with Crippen molar-refractivity contribution in [2.75, 3.05) is 6.54 Å². The first-order valence-electron chi connectivity index (χ1n) is 9.52. The van der Waals surface area contributed by atoms with E-state index in [-0.39, 0.29) is 23.8 Å². The topological polar surface area (TPSA) is 69.6 Å². The molecule has 1 aliphatic carbocycles. The van der Waals surface area contributed by atoms with Crippen molar-refractivity contribution in [3.63, 3.8) is 0 Å². The number of unbranched alkanes of at least 4 members (excludes halogenated alkanes) is 2. The van der Waals surface area contributed by atoms with Gasteiger partial charge in [-0.05, 0) is 49.8 Å². The Labute approximate surface area is 154 Å². The van der Waals surface area contributed by atoms with Crippen LogP contribution < -0.4 is 5.32 Å². The number of benzene rings is 1. The van der Waals surface area contributed by atoms with Crippen LogP contribution >= 0.6 is 0 Å². The number of amides is 2. The summed E-state index contributed by atoms with van der Waals surface area (Å²) in [6, 6.07) is 6.13. The highest BCUT2D eigenvalue weighted by Gasteiger charge is 2.27. The number of nitrogens with zero attached hydrogens (tertiary/aromatic N) is 1. The van der Waals surface area contributed by atoms with Gasteiger partial charge in [-0.1, -0.05) is 31.9 Å². The van der Waals surface area contributed by atoms with E-state index < -0.39 is 5.97 Å². The van der Waals surface area contributed by atoms with Gasteiger partial charge >= 0.3 is 12.0 Å². The third kappa shape index (κ3) is 6.32. The molecule has 0 saturated heterocycles. The second-order valence-electron chi connectivity index (χ2n) is 7.09. The van der Waals surface area contributed by atoms with Crippen LogP contribution in [0.1, 0.15) is 57.4 Å². The Balaban J connectivity index is 1.92. The van der Waals surface area contributed by atoms with Gasteiger partial charge in [-0.15, -0.1) is 0 Å². The summed E-state index contributed by atoms with van der Waals surface area (Å²) in [5.41, 5.74) is 0.896. The van der Waals surface area contributed by atoms with Gasteiger partial charge in [0.2, 0.25) is 0 Å². The van der Waals surface area contributed by atoms with Crippen molar-refractivity contribution in [3.05, 3.63) is 35.6 Å². The highest BCUT2D eigenvalue weighted by atomic mass is 19.1. The fourth-order valence-corrected chi connectivity index (χ4v) is 3.37. The van der Waals surface area contributed by atoms with Crippen LogP contribution in [-0.2, 0) is 11.3 Å². The molecule has 5 nitrogen and oxygen atoms in total. The van der Waals surface area contributed by atoms with Gasteiger partial charge in [-0.2, -0.15) is 0 Å². The van der Waals surface area contributed by atoms with Gasteiger partial charge in [0.1, 0.15) is 5.82 Å². The Morgan fingerprint density at radius 3 is 2.38 bits per heavy atom. The van der Waals surface area contributed by atoms with Gasteiger partial charge in [0, 0.05) is 19.1 Å². The highest BCUT2D eigenvalue weighted by Crippen LogP contribution is 2.24. The smallest absolute Gasteiger partial charge is 0.317 e. The second-order valence-corrected chi connectivity index (χ2v) is 7.09. The van der Waals surface area contributed by atoms with Crippen LogP contribution in [0.5, 0.6) is 0 Å². The molecule has 1 aromatic rings. The van der Waals surface area contributed by atoms with Crippen LogP contribution in [0, 0.1) is 11.7 Å².